The van der Waals surface area contributed by atoms with Crippen molar-refractivity contribution in [2.24, 2.45) is 5.10 Å². The summed E-state index contributed by atoms with van der Waals surface area (Å²) in [7, 11) is 3.19. The van der Waals surface area contributed by atoms with Gasteiger partial charge in [0.05, 0.1) is 20.4 Å². The fourth-order valence-corrected chi connectivity index (χ4v) is 1.95. The van der Waals surface area contributed by atoms with Crippen LogP contribution in [0.4, 0.5) is 5.69 Å². The standard InChI is InChI=1S/C16H17N3O2S/c1-20-14-9-8-12(10-15(14)21-2)11-17-19-16(22)18-13-6-4-3-5-7-13/h3-11H,1-2H3,(H2,18,19,22). The van der Waals surface area contributed by atoms with E-state index in [0.717, 1.165) is 11.3 Å². The van der Waals surface area contributed by atoms with Crippen molar-refractivity contribution >= 4 is 29.2 Å². The lowest BCUT2D eigenvalue weighted by Gasteiger charge is -2.08. The molecule has 0 fully saturated rings. The number of nitrogens with zero attached hydrogens (tertiary/aromatic N) is 1. The van der Waals surface area contributed by atoms with Gasteiger partial charge < -0.3 is 14.8 Å². The first-order valence-corrected chi connectivity index (χ1v) is 7.01. The van der Waals surface area contributed by atoms with Gasteiger partial charge in [-0.15, -0.1) is 0 Å². The van der Waals surface area contributed by atoms with Crippen molar-refractivity contribution in [1.29, 1.82) is 0 Å². The summed E-state index contributed by atoms with van der Waals surface area (Å²) in [6.45, 7) is 0. The van der Waals surface area contributed by atoms with E-state index >= 15 is 0 Å². The van der Waals surface area contributed by atoms with Crippen LogP contribution in [0.2, 0.25) is 0 Å². The second kappa shape index (κ2) is 7.99. The van der Waals surface area contributed by atoms with E-state index in [9.17, 15) is 0 Å². The minimum absolute atomic E-state index is 0.419. The second-order valence-corrected chi connectivity index (χ2v) is 4.71. The van der Waals surface area contributed by atoms with Crippen LogP contribution in [0.3, 0.4) is 0 Å². The van der Waals surface area contributed by atoms with Crippen LogP contribution >= 0.6 is 12.2 Å². The Bertz CT molecular complexity index is 660. The Morgan fingerprint density at radius 3 is 2.45 bits per heavy atom. The molecular weight excluding hydrogens is 298 g/mol. The predicted octanol–water partition coefficient (Wildman–Crippen LogP) is 3.02. The number of anilines is 1. The highest BCUT2D eigenvalue weighted by molar-refractivity contribution is 7.80. The van der Waals surface area contributed by atoms with E-state index in [1.807, 2.05) is 48.5 Å². The van der Waals surface area contributed by atoms with Crippen molar-refractivity contribution in [3.05, 3.63) is 54.1 Å². The zero-order valence-electron chi connectivity index (χ0n) is 12.4. The summed E-state index contributed by atoms with van der Waals surface area (Å²) in [5.74, 6) is 1.32. The van der Waals surface area contributed by atoms with Gasteiger partial charge in [-0.3, -0.25) is 5.43 Å². The molecule has 2 rings (SSSR count). The number of hydrogen-bond donors (Lipinski definition) is 2. The van der Waals surface area contributed by atoms with Gasteiger partial charge >= 0.3 is 0 Å². The summed E-state index contributed by atoms with van der Waals surface area (Å²) in [6, 6.07) is 15.2. The minimum Gasteiger partial charge on any atom is -0.493 e. The SMILES string of the molecule is COc1ccc(C=NNC(=S)Nc2ccccc2)cc1OC. The largest absolute Gasteiger partial charge is 0.493 e. The molecule has 0 saturated heterocycles. The highest BCUT2D eigenvalue weighted by atomic mass is 32.1. The first-order valence-electron chi connectivity index (χ1n) is 6.60. The molecule has 0 aliphatic heterocycles. The van der Waals surface area contributed by atoms with E-state index in [1.165, 1.54) is 0 Å². The molecule has 2 aromatic rings. The van der Waals surface area contributed by atoms with Crippen molar-refractivity contribution in [1.82, 2.24) is 5.43 Å². The van der Waals surface area contributed by atoms with Gasteiger partial charge in [-0.25, -0.2) is 0 Å². The summed E-state index contributed by atoms with van der Waals surface area (Å²) in [4.78, 5) is 0. The molecule has 0 aliphatic carbocycles. The number of rotatable bonds is 5. The molecular formula is C16H17N3O2S. The molecule has 114 valence electrons. The zero-order valence-corrected chi connectivity index (χ0v) is 13.2. The van der Waals surface area contributed by atoms with Gasteiger partial charge in [0.2, 0.25) is 0 Å². The van der Waals surface area contributed by atoms with E-state index in [4.69, 9.17) is 21.7 Å². The molecule has 5 nitrogen and oxygen atoms in total. The number of nitrogens with one attached hydrogen (secondary N) is 2. The second-order valence-electron chi connectivity index (χ2n) is 4.30. The highest BCUT2D eigenvalue weighted by Gasteiger charge is 2.03. The molecule has 0 radical (unpaired) electrons. The average Bonchev–Trinajstić information content (AvgIpc) is 2.55. The molecule has 0 heterocycles. The number of benzene rings is 2. The van der Waals surface area contributed by atoms with Crippen LogP contribution in [0.25, 0.3) is 0 Å². The third kappa shape index (κ3) is 4.46. The zero-order chi connectivity index (χ0) is 15.8. The Hall–Kier alpha value is -2.60. The van der Waals surface area contributed by atoms with Crippen LogP contribution < -0.4 is 20.2 Å². The molecule has 0 spiro atoms. The number of para-hydroxylation sites is 1. The molecule has 0 atom stereocenters. The van der Waals surface area contributed by atoms with Crippen molar-refractivity contribution in [3.63, 3.8) is 0 Å². The first-order chi connectivity index (χ1) is 10.7. The van der Waals surface area contributed by atoms with E-state index in [-0.39, 0.29) is 0 Å². The summed E-state index contributed by atoms with van der Waals surface area (Å²) in [5.41, 5.74) is 4.54. The van der Waals surface area contributed by atoms with Gasteiger partial charge in [-0.05, 0) is 48.1 Å². The molecule has 0 unspecified atom stereocenters. The van der Waals surface area contributed by atoms with Crippen LogP contribution in [-0.4, -0.2) is 25.5 Å². The maximum absolute atomic E-state index is 5.24. The molecule has 0 aliphatic rings. The number of hydrogen-bond acceptors (Lipinski definition) is 4. The summed E-state index contributed by atoms with van der Waals surface area (Å²) in [5, 5.41) is 7.54. The summed E-state index contributed by atoms with van der Waals surface area (Å²) in [6.07, 6.45) is 1.65. The van der Waals surface area contributed by atoms with Crippen LogP contribution in [0.15, 0.2) is 53.6 Å². The van der Waals surface area contributed by atoms with Crippen molar-refractivity contribution in [2.45, 2.75) is 0 Å². The quantitative estimate of drug-likeness (QED) is 0.505. The lowest BCUT2D eigenvalue weighted by molar-refractivity contribution is 0.355. The Balaban J connectivity index is 1.93. The van der Waals surface area contributed by atoms with Gasteiger partial charge in [0.25, 0.3) is 0 Å². The van der Waals surface area contributed by atoms with Crippen LogP contribution in [0, 0.1) is 0 Å². The third-order valence-corrected chi connectivity index (χ3v) is 3.01. The van der Waals surface area contributed by atoms with E-state index in [2.05, 4.69) is 15.8 Å². The van der Waals surface area contributed by atoms with Crippen LogP contribution in [0.5, 0.6) is 11.5 Å². The fraction of sp³-hybridized carbons (Fsp3) is 0.125. The summed E-state index contributed by atoms with van der Waals surface area (Å²) < 4.78 is 10.4. The van der Waals surface area contributed by atoms with E-state index < -0.39 is 0 Å². The number of thiocarbonyl (C=S) groups is 1. The van der Waals surface area contributed by atoms with Gasteiger partial charge in [0.1, 0.15) is 0 Å². The minimum atomic E-state index is 0.419. The maximum Gasteiger partial charge on any atom is 0.191 e. The van der Waals surface area contributed by atoms with Crippen molar-refractivity contribution in [3.8, 4) is 11.5 Å². The average molecular weight is 315 g/mol. The van der Waals surface area contributed by atoms with Gasteiger partial charge in [-0.2, -0.15) is 5.10 Å². The van der Waals surface area contributed by atoms with Gasteiger partial charge in [0, 0.05) is 5.69 Å². The topological polar surface area (TPSA) is 54.9 Å². The lowest BCUT2D eigenvalue weighted by Crippen LogP contribution is -2.23. The molecule has 22 heavy (non-hydrogen) atoms. The van der Waals surface area contributed by atoms with Crippen molar-refractivity contribution < 1.29 is 9.47 Å². The molecule has 0 saturated carbocycles. The molecule has 0 aromatic heterocycles. The maximum atomic E-state index is 5.24. The molecule has 0 amide bonds. The predicted molar refractivity (Wildman–Crippen MR) is 92.9 cm³/mol. The van der Waals surface area contributed by atoms with Crippen molar-refractivity contribution in [2.75, 3.05) is 19.5 Å². The number of hydrazone groups is 1. The molecule has 2 aromatic carbocycles. The molecule has 2 N–H and O–H groups in total. The van der Waals surface area contributed by atoms with Gasteiger partial charge in [0.15, 0.2) is 16.6 Å². The highest BCUT2D eigenvalue weighted by Crippen LogP contribution is 2.26. The fourth-order valence-electron chi connectivity index (χ4n) is 1.78. The Kier molecular flexibility index (Phi) is 5.73. The smallest absolute Gasteiger partial charge is 0.191 e. The first kappa shape index (κ1) is 15.8. The van der Waals surface area contributed by atoms with E-state index in [1.54, 1.807) is 20.4 Å². The number of ether oxygens (including phenoxy) is 2. The summed E-state index contributed by atoms with van der Waals surface area (Å²) >= 11 is 5.16. The molecule has 6 heteroatoms. The Labute approximate surface area is 134 Å². The van der Waals surface area contributed by atoms with Crippen LogP contribution in [-0.2, 0) is 0 Å². The third-order valence-electron chi connectivity index (χ3n) is 2.82. The normalized spacial score (nSPS) is 10.3. The monoisotopic (exact) mass is 315 g/mol. The Morgan fingerprint density at radius 2 is 1.77 bits per heavy atom. The number of methoxy groups -OCH3 is 2. The molecule has 0 bridgehead atoms. The van der Waals surface area contributed by atoms with Crippen LogP contribution in [0.1, 0.15) is 5.56 Å². The van der Waals surface area contributed by atoms with E-state index in [0.29, 0.717) is 16.6 Å². The Morgan fingerprint density at radius 1 is 1.05 bits per heavy atom. The lowest BCUT2D eigenvalue weighted by atomic mass is 10.2. The van der Waals surface area contributed by atoms with Gasteiger partial charge in [-0.1, -0.05) is 18.2 Å².